The zero-order chi connectivity index (χ0) is 16.0. The van der Waals surface area contributed by atoms with E-state index in [1.807, 2.05) is 37.3 Å². The lowest BCUT2D eigenvalue weighted by atomic mass is 9.84. The Morgan fingerprint density at radius 1 is 1.24 bits per heavy atom. The van der Waals surface area contributed by atoms with Crippen LogP contribution in [0.3, 0.4) is 0 Å². The molecular weight excluding hydrogens is 266 g/mol. The summed E-state index contributed by atoms with van der Waals surface area (Å²) in [6, 6.07) is 9.64. The van der Waals surface area contributed by atoms with E-state index in [0.717, 1.165) is 12.0 Å². The third kappa shape index (κ3) is 5.21. The van der Waals surface area contributed by atoms with Gasteiger partial charge in [0.2, 0.25) is 5.91 Å². The number of benzene rings is 1. The Hall–Kier alpha value is -1.84. The molecular formula is C17H25NO3. The maximum absolute atomic E-state index is 12.6. The second kappa shape index (κ2) is 7.25. The van der Waals surface area contributed by atoms with Crippen LogP contribution >= 0.6 is 0 Å². The summed E-state index contributed by atoms with van der Waals surface area (Å²) in [4.78, 5) is 23.5. The van der Waals surface area contributed by atoms with Crippen molar-refractivity contribution in [3.8, 4) is 0 Å². The molecule has 4 nitrogen and oxygen atoms in total. The number of nitrogens with one attached hydrogen (secondary N) is 1. The van der Waals surface area contributed by atoms with E-state index >= 15 is 0 Å². The molecule has 116 valence electrons. The average Bonchev–Trinajstić information content (AvgIpc) is 2.37. The Labute approximate surface area is 126 Å². The van der Waals surface area contributed by atoms with Gasteiger partial charge in [0.05, 0.1) is 12.3 Å². The van der Waals surface area contributed by atoms with Gasteiger partial charge in [0.15, 0.2) is 0 Å². The van der Waals surface area contributed by atoms with Crippen molar-refractivity contribution in [3.05, 3.63) is 35.9 Å². The largest absolute Gasteiger partial charge is 0.481 e. The van der Waals surface area contributed by atoms with Crippen molar-refractivity contribution < 1.29 is 14.7 Å². The fourth-order valence-corrected chi connectivity index (χ4v) is 2.47. The predicted molar refractivity (Wildman–Crippen MR) is 83.1 cm³/mol. The molecule has 21 heavy (non-hydrogen) atoms. The highest BCUT2D eigenvalue weighted by Gasteiger charge is 2.31. The zero-order valence-electron chi connectivity index (χ0n) is 13.2. The van der Waals surface area contributed by atoms with Crippen molar-refractivity contribution in [2.24, 2.45) is 5.92 Å². The predicted octanol–water partition coefficient (Wildman–Crippen LogP) is 3.19. The van der Waals surface area contributed by atoms with Gasteiger partial charge in [0, 0.05) is 5.54 Å². The molecule has 2 atom stereocenters. The van der Waals surface area contributed by atoms with E-state index in [-0.39, 0.29) is 24.2 Å². The molecule has 0 bridgehead atoms. The van der Waals surface area contributed by atoms with Crippen molar-refractivity contribution in [2.75, 3.05) is 0 Å². The van der Waals surface area contributed by atoms with Gasteiger partial charge in [0.25, 0.3) is 0 Å². The van der Waals surface area contributed by atoms with Crippen molar-refractivity contribution in [3.63, 3.8) is 0 Å². The topological polar surface area (TPSA) is 66.4 Å². The Morgan fingerprint density at radius 3 is 2.29 bits per heavy atom. The summed E-state index contributed by atoms with van der Waals surface area (Å²) >= 11 is 0. The van der Waals surface area contributed by atoms with Crippen LogP contribution in [0.2, 0.25) is 0 Å². The smallest absolute Gasteiger partial charge is 0.305 e. The van der Waals surface area contributed by atoms with Crippen molar-refractivity contribution in [1.82, 2.24) is 5.32 Å². The highest BCUT2D eigenvalue weighted by atomic mass is 16.4. The molecule has 1 amide bonds. The lowest BCUT2D eigenvalue weighted by Crippen LogP contribution is -2.47. The fraction of sp³-hybridized carbons (Fsp3) is 0.529. The number of rotatable bonds is 7. The SMILES string of the molecule is CCC(C)C(C(=O)NC(C)(C)CC(=O)O)c1ccccc1. The Bertz CT molecular complexity index is 482. The second-order valence-electron chi connectivity index (χ2n) is 6.22. The summed E-state index contributed by atoms with van der Waals surface area (Å²) in [6.07, 6.45) is 0.785. The quantitative estimate of drug-likeness (QED) is 0.810. The molecule has 2 unspecified atom stereocenters. The lowest BCUT2D eigenvalue weighted by Gasteiger charge is -2.30. The zero-order valence-corrected chi connectivity index (χ0v) is 13.2. The first-order valence-electron chi connectivity index (χ1n) is 7.35. The summed E-state index contributed by atoms with van der Waals surface area (Å²) in [6.45, 7) is 7.56. The summed E-state index contributed by atoms with van der Waals surface area (Å²) in [5.74, 6) is -1.10. The minimum atomic E-state index is -0.917. The molecule has 0 aromatic heterocycles. The van der Waals surface area contributed by atoms with E-state index in [1.54, 1.807) is 13.8 Å². The monoisotopic (exact) mass is 291 g/mol. The minimum Gasteiger partial charge on any atom is -0.481 e. The van der Waals surface area contributed by atoms with Gasteiger partial charge in [-0.3, -0.25) is 9.59 Å². The van der Waals surface area contributed by atoms with Crippen molar-refractivity contribution >= 4 is 11.9 Å². The van der Waals surface area contributed by atoms with Crippen LogP contribution in [0.15, 0.2) is 30.3 Å². The van der Waals surface area contributed by atoms with E-state index in [1.165, 1.54) is 0 Å². The molecule has 4 heteroatoms. The van der Waals surface area contributed by atoms with Crippen LogP contribution in [0.5, 0.6) is 0 Å². The van der Waals surface area contributed by atoms with Crippen LogP contribution in [0.25, 0.3) is 0 Å². The lowest BCUT2D eigenvalue weighted by molar-refractivity contribution is -0.138. The maximum atomic E-state index is 12.6. The third-order valence-corrected chi connectivity index (χ3v) is 3.71. The molecule has 0 fully saturated rings. The highest BCUT2D eigenvalue weighted by Crippen LogP contribution is 2.28. The van der Waals surface area contributed by atoms with Gasteiger partial charge in [-0.15, -0.1) is 0 Å². The van der Waals surface area contributed by atoms with E-state index in [0.29, 0.717) is 0 Å². The van der Waals surface area contributed by atoms with Gasteiger partial charge in [-0.2, -0.15) is 0 Å². The van der Waals surface area contributed by atoms with Crippen LogP contribution in [0.1, 0.15) is 52.0 Å². The number of carboxylic acid groups (broad SMARTS) is 1. The number of carbonyl (C=O) groups excluding carboxylic acids is 1. The van der Waals surface area contributed by atoms with Crippen molar-refractivity contribution in [1.29, 1.82) is 0 Å². The second-order valence-corrected chi connectivity index (χ2v) is 6.22. The van der Waals surface area contributed by atoms with Gasteiger partial charge in [-0.1, -0.05) is 50.6 Å². The van der Waals surface area contributed by atoms with E-state index in [9.17, 15) is 9.59 Å². The summed E-state index contributed by atoms with van der Waals surface area (Å²) in [5, 5.41) is 11.8. The standard InChI is InChI=1S/C17H25NO3/c1-5-12(2)15(13-9-7-6-8-10-13)16(21)18-17(3,4)11-14(19)20/h6-10,12,15H,5,11H2,1-4H3,(H,18,21)(H,19,20). The van der Waals surface area contributed by atoms with Crippen LogP contribution in [0.4, 0.5) is 0 Å². The highest BCUT2D eigenvalue weighted by molar-refractivity contribution is 5.85. The van der Waals surface area contributed by atoms with Crippen LogP contribution < -0.4 is 5.32 Å². The molecule has 0 aliphatic carbocycles. The normalized spacial score (nSPS) is 14.3. The first kappa shape index (κ1) is 17.2. The van der Waals surface area contributed by atoms with Gasteiger partial charge in [0.1, 0.15) is 0 Å². The Kier molecular flexibility index (Phi) is 5.94. The molecule has 0 aliphatic rings. The minimum absolute atomic E-state index is 0.0965. The molecule has 0 radical (unpaired) electrons. The third-order valence-electron chi connectivity index (χ3n) is 3.71. The summed E-state index contributed by atoms with van der Waals surface area (Å²) in [5.41, 5.74) is 0.208. The summed E-state index contributed by atoms with van der Waals surface area (Å²) in [7, 11) is 0. The summed E-state index contributed by atoms with van der Waals surface area (Å²) < 4.78 is 0. The molecule has 0 saturated heterocycles. The van der Waals surface area contributed by atoms with E-state index in [4.69, 9.17) is 5.11 Å². The Balaban J connectivity index is 2.94. The van der Waals surface area contributed by atoms with Crippen LogP contribution in [-0.4, -0.2) is 22.5 Å². The molecule has 1 aromatic rings. The van der Waals surface area contributed by atoms with Crippen LogP contribution in [0, 0.1) is 5.92 Å². The number of carbonyl (C=O) groups is 2. The number of amides is 1. The van der Waals surface area contributed by atoms with Gasteiger partial charge in [-0.25, -0.2) is 0 Å². The van der Waals surface area contributed by atoms with Gasteiger partial charge >= 0.3 is 5.97 Å². The number of aliphatic carboxylic acids is 1. The molecule has 0 heterocycles. The van der Waals surface area contributed by atoms with E-state index in [2.05, 4.69) is 12.2 Å². The van der Waals surface area contributed by atoms with Crippen molar-refractivity contribution in [2.45, 2.75) is 52.0 Å². The molecule has 0 spiro atoms. The number of hydrogen-bond donors (Lipinski definition) is 2. The average molecular weight is 291 g/mol. The maximum Gasteiger partial charge on any atom is 0.305 e. The van der Waals surface area contributed by atoms with E-state index < -0.39 is 11.5 Å². The molecule has 0 aliphatic heterocycles. The fourth-order valence-electron chi connectivity index (χ4n) is 2.47. The molecule has 1 rings (SSSR count). The molecule has 0 saturated carbocycles. The number of carboxylic acids is 1. The first-order valence-corrected chi connectivity index (χ1v) is 7.35. The van der Waals surface area contributed by atoms with Gasteiger partial charge < -0.3 is 10.4 Å². The first-order chi connectivity index (χ1) is 9.76. The molecule has 2 N–H and O–H groups in total. The molecule has 1 aromatic carbocycles. The van der Waals surface area contributed by atoms with Gasteiger partial charge in [-0.05, 0) is 25.3 Å². The Morgan fingerprint density at radius 2 is 1.81 bits per heavy atom. The number of hydrogen-bond acceptors (Lipinski definition) is 2. The van der Waals surface area contributed by atoms with Crippen LogP contribution in [-0.2, 0) is 9.59 Å².